The van der Waals surface area contributed by atoms with Crippen molar-refractivity contribution in [3.63, 3.8) is 0 Å². The summed E-state index contributed by atoms with van der Waals surface area (Å²) in [6.45, 7) is 6.61. The fourth-order valence-corrected chi connectivity index (χ4v) is 3.03. The van der Waals surface area contributed by atoms with E-state index in [0.717, 1.165) is 29.5 Å². The highest BCUT2D eigenvalue weighted by Gasteiger charge is 2.14. The summed E-state index contributed by atoms with van der Waals surface area (Å²) < 4.78 is 1.60. The standard InChI is InChI=1S/C16H21N3O2S/c1-4-5-8-19-15(21)17-18-16(19)22-10-14(20)13-9-11(2)6-7-12(13)3/h6-7,9H,4-5,8,10H2,1-3H3,(H,17,21). The fraction of sp³-hybridized carbons (Fsp3) is 0.438. The molecule has 1 aromatic carbocycles. The van der Waals surface area contributed by atoms with Crippen molar-refractivity contribution < 1.29 is 4.79 Å². The number of aromatic amines is 1. The van der Waals surface area contributed by atoms with Gasteiger partial charge in [0.15, 0.2) is 10.9 Å². The number of aromatic nitrogens is 3. The Bertz CT molecular complexity index is 718. The summed E-state index contributed by atoms with van der Waals surface area (Å²) in [6.07, 6.45) is 1.92. The van der Waals surface area contributed by atoms with Crippen molar-refractivity contribution in [2.24, 2.45) is 0 Å². The van der Waals surface area contributed by atoms with E-state index in [1.54, 1.807) is 4.57 Å². The molecule has 118 valence electrons. The average molecular weight is 319 g/mol. The molecular formula is C16H21N3O2S. The number of ketones is 1. The molecule has 5 nitrogen and oxygen atoms in total. The van der Waals surface area contributed by atoms with Crippen LogP contribution in [0.25, 0.3) is 0 Å². The van der Waals surface area contributed by atoms with Gasteiger partial charge in [-0.3, -0.25) is 9.36 Å². The van der Waals surface area contributed by atoms with Crippen LogP contribution in [-0.4, -0.2) is 26.3 Å². The van der Waals surface area contributed by atoms with Gasteiger partial charge in [-0.2, -0.15) is 0 Å². The quantitative estimate of drug-likeness (QED) is 0.629. The molecule has 1 N–H and O–H groups in total. The summed E-state index contributed by atoms with van der Waals surface area (Å²) in [5, 5.41) is 7.05. The topological polar surface area (TPSA) is 67.8 Å². The maximum Gasteiger partial charge on any atom is 0.343 e. The lowest BCUT2D eigenvalue weighted by atomic mass is 10.0. The maximum absolute atomic E-state index is 12.4. The van der Waals surface area contributed by atoms with Gasteiger partial charge in [-0.05, 0) is 31.9 Å². The predicted octanol–water partition coefficient (Wildman–Crippen LogP) is 2.96. The SMILES string of the molecule is CCCCn1c(SCC(=O)c2cc(C)ccc2C)n[nH]c1=O. The first-order valence-electron chi connectivity index (χ1n) is 7.41. The van der Waals surface area contributed by atoms with Crippen molar-refractivity contribution >= 4 is 17.5 Å². The highest BCUT2D eigenvalue weighted by molar-refractivity contribution is 7.99. The molecule has 0 saturated heterocycles. The molecule has 2 aromatic rings. The third kappa shape index (κ3) is 3.88. The molecule has 0 amide bonds. The molecular weight excluding hydrogens is 298 g/mol. The fourth-order valence-electron chi connectivity index (χ4n) is 2.17. The van der Waals surface area contributed by atoms with E-state index in [4.69, 9.17) is 0 Å². The number of hydrogen-bond donors (Lipinski definition) is 1. The molecule has 0 aliphatic rings. The monoisotopic (exact) mass is 319 g/mol. The van der Waals surface area contributed by atoms with E-state index in [-0.39, 0.29) is 17.2 Å². The van der Waals surface area contributed by atoms with Gasteiger partial charge in [0.25, 0.3) is 0 Å². The number of benzene rings is 1. The Labute approximate surface area is 134 Å². The van der Waals surface area contributed by atoms with Gasteiger partial charge in [0, 0.05) is 12.1 Å². The van der Waals surface area contributed by atoms with E-state index < -0.39 is 0 Å². The Kier molecular flexibility index (Phi) is 5.60. The van der Waals surface area contributed by atoms with Crippen LogP contribution in [0.4, 0.5) is 0 Å². The van der Waals surface area contributed by atoms with Gasteiger partial charge in [0.05, 0.1) is 5.75 Å². The first-order valence-corrected chi connectivity index (χ1v) is 8.40. The lowest BCUT2D eigenvalue weighted by Crippen LogP contribution is -2.18. The smallest absolute Gasteiger partial charge is 0.293 e. The molecule has 0 atom stereocenters. The van der Waals surface area contributed by atoms with Crippen LogP contribution in [0, 0.1) is 13.8 Å². The van der Waals surface area contributed by atoms with Crippen LogP contribution in [0.1, 0.15) is 41.3 Å². The molecule has 2 rings (SSSR count). The highest BCUT2D eigenvalue weighted by atomic mass is 32.2. The van der Waals surface area contributed by atoms with Crippen LogP contribution in [-0.2, 0) is 6.54 Å². The first-order chi connectivity index (χ1) is 10.5. The zero-order valence-corrected chi connectivity index (χ0v) is 14.0. The minimum Gasteiger partial charge on any atom is -0.293 e. The van der Waals surface area contributed by atoms with Crippen molar-refractivity contribution in [3.8, 4) is 0 Å². The average Bonchev–Trinajstić information content (AvgIpc) is 2.85. The summed E-state index contributed by atoms with van der Waals surface area (Å²) in [4.78, 5) is 24.1. The van der Waals surface area contributed by atoms with E-state index in [0.29, 0.717) is 11.7 Å². The second-order valence-electron chi connectivity index (χ2n) is 5.35. The molecule has 0 fully saturated rings. The van der Waals surface area contributed by atoms with Crippen molar-refractivity contribution in [2.75, 3.05) is 5.75 Å². The van der Waals surface area contributed by atoms with Crippen molar-refractivity contribution in [1.82, 2.24) is 14.8 Å². The second kappa shape index (κ2) is 7.45. The number of H-pyrrole nitrogens is 1. The van der Waals surface area contributed by atoms with Crippen LogP contribution in [0.3, 0.4) is 0 Å². The minimum atomic E-state index is -0.213. The Morgan fingerprint density at radius 1 is 1.36 bits per heavy atom. The van der Waals surface area contributed by atoms with Gasteiger partial charge >= 0.3 is 5.69 Å². The van der Waals surface area contributed by atoms with Gasteiger partial charge in [0.2, 0.25) is 0 Å². The highest BCUT2D eigenvalue weighted by Crippen LogP contribution is 2.18. The molecule has 1 heterocycles. The van der Waals surface area contributed by atoms with E-state index in [1.807, 2.05) is 32.0 Å². The summed E-state index contributed by atoms with van der Waals surface area (Å²) in [6, 6.07) is 5.86. The molecule has 0 radical (unpaired) electrons. The maximum atomic E-state index is 12.4. The molecule has 0 saturated carbocycles. The van der Waals surface area contributed by atoms with Crippen molar-refractivity contribution in [1.29, 1.82) is 0 Å². The van der Waals surface area contributed by atoms with E-state index in [9.17, 15) is 9.59 Å². The van der Waals surface area contributed by atoms with Gasteiger partial charge < -0.3 is 0 Å². The second-order valence-corrected chi connectivity index (χ2v) is 6.29. The van der Waals surface area contributed by atoms with Crippen LogP contribution in [0.2, 0.25) is 0 Å². The third-order valence-corrected chi connectivity index (χ3v) is 4.46. The van der Waals surface area contributed by atoms with Crippen LogP contribution in [0.5, 0.6) is 0 Å². The lowest BCUT2D eigenvalue weighted by molar-refractivity contribution is 0.102. The van der Waals surface area contributed by atoms with Gasteiger partial charge in [-0.25, -0.2) is 9.89 Å². The number of carbonyl (C=O) groups excluding carboxylic acids is 1. The van der Waals surface area contributed by atoms with Crippen LogP contribution >= 0.6 is 11.8 Å². The van der Waals surface area contributed by atoms with Crippen molar-refractivity contribution in [3.05, 3.63) is 45.4 Å². The Hall–Kier alpha value is -1.82. The molecule has 1 aromatic heterocycles. The van der Waals surface area contributed by atoms with E-state index in [1.165, 1.54) is 11.8 Å². The zero-order chi connectivity index (χ0) is 16.1. The van der Waals surface area contributed by atoms with Crippen LogP contribution in [0.15, 0.2) is 28.2 Å². The summed E-state index contributed by atoms with van der Waals surface area (Å²) in [5.74, 6) is 0.337. The number of unbranched alkanes of at least 4 members (excludes halogenated alkanes) is 1. The Balaban J connectivity index is 2.08. The van der Waals surface area contributed by atoms with Gasteiger partial charge in [-0.1, -0.05) is 42.8 Å². The molecule has 22 heavy (non-hydrogen) atoms. The molecule has 0 bridgehead atoms. The Morgan fingerprint density at radius 2 is 2.14 bits per heavy atom. The number of hydrogen-bond acceptors (Lipinski definition) is 4. The molecule has 0 aliphatic heterocycles. The molecule has 0 aliphatic carbocycles. The van der Waals surface area contributed by atoms with E-state index >= 15 is 0 Å². The molecule has 0 unspecified atom stereocenters. The van der Waals surface area contributed by atoms with Crippen molar-refractivity contribution in [2.45, 2.75) is 45.3 Å². The number of rotatable bonds is 7. The predicted molar refractivity (Wildman–Crippen MR) is 88.7 cm³/mol. The number of nitrogens with zero attached hydrogens (tertiary/aromatic N) is 2. The zero-order valence-electron chi connectivity index (χ0n) is 13.2. The first kappa shape index (κ1) is 16.5. The summed E-state index contributed by atoms with van der Waals surface area (Å²) >= 11 is 1.31. The molecule has 0 spiro atoms. The number of carbonyl (C=O) groups is 1. The Morgan fingerprint density at radius 3 is 2.86 bits per heavy atom. The van der Waals surface area contributed by atoms with Crippen LogP contribution < -0.4 is 5.69 Å². The molecule has 6 heteroatoms. The number of nitrogens with one attached hydrogen (secondary N) is 1. The summed E-state index contributed by atoms with van der Waals surface area (Å²) in [7, 11) is 0. The minimum absolute atomic E-state index is 0.0590. The number of thioether (sulfide) groups is 1. The number of aryl methyl sites for hydroxylation is 2. The normalized spacial score (nSPS) is 10.9. The van der Waals surface area contributed by atoms with Gasteiger partial charge in [-0.15, -0.1) is 5.10 Å². The van der Waals surface area contributed by atoms with E-state index in [2.05, 4.69) is 17.1 Å². The summed E-state index contributed by atoms with van der Waals surface area (Å²) in [5.41, 5.74) is 2.57. The lowest BCUT2D eigenvalue weighted by Gasteiger charge is -2.07. The van der Waals surface area contributed by atoms with Gasteiger partial charge in [0.1, 0.15) is 0 Å². The largest absolute Gasteiger partial charge is 0.343 e. The number of Topliss-reactive ketones (excluding diaryl/α,β-unsaturated/α-hetero) is 1. The third-order valence-electron chi connectivity index (χ3n) is 3.48.